The molecule has 0 spiro atoms. The van der Waals surface area contributed by atoms with E-state index in [1.807, 2.05) is 0 Å². The van der Waals surface area contributed by atoms with Gasteiger partial charge in [-0.05, 0) is 12.8 Å². The van der Waals surface area contributed by atoms with E-state index in [9.17, 15) is 0 Å². The normalized spacial score (nSPS) is 12.0. The van der Waals surface area contributed by atoms with E-state index in [1.165, 1.54) is 45.1 Å². The number of ether oxygens (including phenoxy) is 2. The third-order valence-corrected chi connectivity index (χ3v) is 3.39. The van der Waals surface area contributed by atoms with Crippen LogP contribution in [0.2, 0.25) is 0 Å². The van der Waals surface area contributed by atoms with E-state index in [4.69, 9.17) is 9.47 Å². The van der Waals surface area contributed by atoms with Gasteiger partial charge in [-0.1, -0.05) is 32.6 Å². The average Bonchev–Trinajstić information content (AvgIpc) is 2.33. The molecular formula is C15H34NO2+. The molecule has 0 heterocycles. The molecule has 0 aliphatic carbocycles. The first-order chi connectivity index (χ1) is 8.62. The van der Waals surface area contributed by atoms with Crippen LogP contribution in [0.1, 0.15) is 45.4 Å². The van der Waals surface area contributed by atoms with Gasteiger partial charge in [0.15, 0.2) is 0 Å². The summed E-state index contributed by atoms with van der Waals surface area (Å²) in [5.74, 6) is 0. The van der Waals surface area contributed by atoms with Crippen molar-refractivity contribution < 1.29 is 14.0 Å². The zero-order valence-corrected chi connectivity index (χ0v) is 13.0. The van der Waals surface area contributed by atoms with Crippen molar-refractivity contribution in [1.82, 2.24) is 0 Å². The Labute approximate surface area is 114 Å². The van der Waals surface area contributed by atoms with Crippen molar-refractivity contribution in [2.75, 3.05) is 54.1 Å². The highest BCUT2D eigenvalue weighted by Gasteiger charge is 2.13. The van der Waals surface area contributed by atoms with Crippen LogP contribution in [0, 0.1) is 0 Å². The lowest BCUT2D eigenvalue weighted by Crippen LogP contribution is -2.43. The van der Waals surface area contributed by atoms with Crippen LogP contribution in [-0.4, -0.2) is 58.6 Å². The first kappa shape index (κ1) is 17.9. The molecule has 110 valence electrons. The Morgan fingerprint density at radius 3 is 2.11 bits per heavy atom. The molecule has 0 aliphatic heterocycles. The second-order valence-electron chi connectivity index (χ2n) is 5.76. The lowest BCUT2D eigenvalue weighted by atomic mass is 10.1. The topological polar surface area (TPSA) is 18.5 Å². The van der Waals surface area contributed by atoms with E-state index in [0.717, 1.165) is 17.6 Å². The maximum atomic E-state index is 5.53. The lowest BCUT2D eigenvalue weighted by molar-refractivity contribution is -0.891. The molecule has 3 heteroatoms. The summed E-state index contributed by atoms with van der Waals surface area (Å²) in [6, 6.07) is 0. The number of likely N-dealkylation sites (N-methyl/N-ethyl adjacent to an activating group) is 1. The van der Waals surface area contributed by atoms with Gasteiger partial charge in [0.2, 0.25) is 0 Å². The van der Waals surface area contributed by atoms with Crippen molar-refractivity contribution >= 4 is 0 Å². The summed E-state index contributed by atoms with van der Waals surface area (Å²) in [6.07, 6.45) is 8.26. The number of nitrogens with zero attached hydrogens (tertiary/aromatic N) is 1. The van der Waals surface area contributed by atoms with Crippen LogP contribution in [-0.2, 0) is 9.47 Å². The summed E-state index contributed by atoms with van der Waals surface area (Å²) in [5, 5.41) is 0. The highest BCUT2D eigenvalue weighted by molar-refractivity contribution is 4.44. The summed E-state index contributed by atoms with van der Waals surface area (Å²) >= 11 is 0. The van der Waals surface area contributed by atoms with Crippen LogP contribution in [0.25, 0.3) is 0 Å². The summed E-state index contributed by atoms with van der Waals surface area (Å²) in [4.78, 5) is 0. The summed E-state index contributed by atoms with van der Waals surface area (Å²) in [6.45, 7) is 6.88. The number of hydrogen-bond donors (Lipinski definition) is 0. The minimum absolute atomic E-state index is 0.699. The van der Waals surface area contributed by atoms with Gasteiger partial charge in [-0.3, -0.25) is 0 Å². The monoisotopic (exact) mass is 260 g/mol. The Morgan fingerprint density at radius 1 is 0.778 bits per heavy atom. The van der Waals surface area contributed by atoms with Crippen molar-refractivity contribution in [2.24, 2.45) is 0 Å². The van der Waals surface area contributed by atoms with Crippen molar-refractivity contribution in [3.05, 3.63) is 0 Å². The fraction of sp³-hybridized carbons (Fsp3) is 1.00. The van der Waals surface area contributed by atoms with E-state index in [1.54, 1.807) is 7.11 Å². The standard InChI is InChI=1S/C15H34NO2/c1-5-6-7-8-9-10-11-16(2,3)12-13-18-15-14-17-4/h5-15H2,1-4H3/q+1. The number of hydrogen-bond acceptors (Lipinski definition) is 2. The molecule has 0 aromatic rings. The van der Waals surface area contributed by atoms with Crippen LogP contribution in [0.4, 0.5) is 0 Å². The van der Waals surface area contributed by atoms with Gasteiger partial charge in [0.05, 0.1) is 40.5 Å². The van der Waals surface area contributed by atoms with E-state index >= 15 is 0 Å². The molecule has 0 saturated heterocycles. The van der Waals surface area contributed by atoms with E-state index in [-0.39, 0.29) is 0 Å². The molecule has 0 saturated carbocycles. The molecule has 0 amide bonds. The lowest BCUT2D eigenvalue weighted by Gasteiger charge is -2.29. The van der Waals surface area contributed by atoms with Crippen LogP contribution in [0.5, 0.6) is 0 Å². The first-order valence-electron chi connectivity index (χ1n) is 7.51. The molecule has 0 bridgehead atoms. The number of methoxy groups -OCH3 is 1. The molecule has 0 aliphatic rings. The Morgan fingerprint density at radius 2 is 1.44 bits per heavy atom. The van der Waals surface area contributed by atoms with Gasteiger partial charge in [0, 0.05) is 7.11 Å². The molecule has 0 atom stereocenters. The fourth-order valence-electron chi connectivity index (χ4n) is 1.99. The van der Waals surface area contributed by atoms with Crippen molar-refractivity contribution in [3.8, 4) is 0 Å². The van der Waals surface area contributed by atoms with E-state index in [2.05, 4.69) is 21.0 Å². The van der Waals surface area contributed by atoms with Crippen LogP contribution < -0.4 is 0 Å². The third kappa shape index (κ3) is 12.3. The number of quaternary nitrogens is 1. The molecule has 0 aromatic carbocycles. The highest BCUT2D eigenvalue weighted by Crippen LogP contribution is 2.08. The largest absolute Gasteiger partial charge is 0.382 e. The van der Waals surface area contributed by atoms with E-state index < -0.39 is 0 Å². The maximum Gasteiger partial charge on any atom is 0.102 e. The predicted octanol–water partition coefficient (Wildman–Crippen LogP) is 3.09. The number of unbranched alkanes of at least 4 members (excludes halogenated alkanes) is 5. The van der Waals surface area contributed by atoms with Crippen molar-refractivity contribution in [2.45, 2.75) is 45.4 Å². The van der Waals surface area contributed by atoms with Crippen LogP contribution >= 0.6 is 0 Å². The van der Waals surface area contributed by atoms with Gasteiger partial charge in [0.1, 0.15) is 6.54 Å². The molecule has 0 aromatic heterocycles. The molecule has 0 radical (unpaired) electrons. The molecule has 0 fully saturated rings. The molecular weight excluding hydrogens is 226 g/mol. The molecule has 3 nitrogen and oxygen atoms in total. The first-order valence-corrected chi connectivity index (χ1v) is 7.51. The van der Waals surface area contributed by atoms with Gasteiger partial charge in [0.25, 0.3) is 0 Å². The molecule has 0 N–H and O–H groups in total. The molecule has 0 rings (SSSR count). The number of rotatable bonds is 13. The van der Waals surface area contributed by atoms with Gasteiger partial charge in [-0.15, -0.1) is 0 Å². The van der Waals surface area contributed by atoms with E-state index in [0.29, 0.717) is 13.2 Å². The summed E-state index contributed by atoms with van der Waals surface area (Å²) < 4.78 is 11.6. The van der Waals surface area contributed by atoms with Crippen molar-refractivity contribution in [3.63, 3.8) is 0 Å². The predicted molar refractivity (Wildman–Crippen MR) is 77.9 cm³/mol. The Kier molecular flexibility index (Phi) is 11.9. The third-order valence-electron chi connectivity index (χ3n) is 3.39. The highest BCUT2D eigenvalue weighted by atomic mass is 16.5. The van der Waals surface area contributed by atoms with Crippen LogP contribution in [0.15, 0.2) is 0 Å². The second-order valence-corrected chi connectivity index (χ2v) is 5.76. The smallest absolute Gasteiger partial charge is 0.102 e. The zero-order valence-electron chi connectivity index (χ0n) is 13.0. The van der Waals surface area contributed by atoms with Gasteiger partial charge in [-0.2, -0.15) is 0 Å². The van der Waals surface area contributed by atoms with Gasteiger partial charge in [-0.25, -0.2) is 0 Å². The quantitative estimate of drug-likeness (QED) is 0.374. The zero-order chi connectivity index (χ0) is 13.7. The van der Waals surface area contributed by atoms with Gasteiger partial charge < -0.3 is 14.0 Å². The Bertz CT molecular complexity index is 172. The minimum Gasteiger partial charge on any atom is -0.382 e. The molecule has 18 heavy (non-hydrogen) atoms. The summed E-state index contributed by atoms with van der Waals surface area (Å²) in [5.41, 5.74) is 0. The SMILES string of the molecule is CCCCCCCC[N+](C)(C)CCOCCOC. The maximum absolute atomic E-state index is 5.53. The fourth-order valence-corrected chi connectivity index (χ4v) is 1.99. The summed E-state index contributed by atoms with van der Waals surface area (Å²) in [7, 11) is 6.30. The van der Waals surface area contributed by atoms with Gasteiger partial charge >= 0.3 is 0 Å². The average molecular weight is 260 g/mol. The van der Waals surface area contributed by atoms with Crippen LogP contribution in [0.3, 0.4) is 0 Å². The second kappa shape index (κ2) is 11.9. The van der Waals surface area contributed by atoms with Crippen molar-refractivity contribution in [1.29, 1.82) is 0 Å². The molecule has 0 unspecified atom stereocenters. The minimum atomic E-state index is 0.699. The Hall–Kier alpha value is -0.120. The Balaban J connectivity index is 3.37.